The van der Waals surface area contributed by atoms with E-state index in [-0.39, 0.29) is 17.7 Å². The van der Waals surface area contributed by atoms with Gasteiger partial charge < -0.3 is 11.1 Å². The Morgan fingerprint density at radius 3 is 2.31 bits per heavy atom. The van der Waals surface area contributed by atoms with Crippen molar-refractivity contribution in [3.8, 4) is 0 Å². The number of alkyl halides is 3. The summed E-state index contributed by atoms with van der Waals surface area (Å²) in [6.45, 7) is -0.139. The fraction of sp³-hybridized carbons (Fsp3) is 0.125. The number of halogens is 4. The molecular formula is C16H13BrF3N3O2S. The summed E-state index contributed by atoms with van der Waals surface area (Å²) >= 11 is 7.21. The standard InChI is InChI=1S/C16H13BrF3N3O2S/c17-13-6-3-11(16(18,19)20)7-10(13)8-22-15(25)23(26)12-4-1-9(2-5-12)14(21)24/h1-7,26H,8H2,(H2,21,24)(H,22,25). The lowest BCUT2D eigenvalue weighted by atomic mass is 10.1. The molecule has 0 radical (unpaired) electrons. The van der Waals surface area contributed by atoms with Crippen LogP contribution in [0.4, 0.5) is 23.7 Å². The molecule has 0 aliphatic heterocycles. The van der Waals surface area contributed by atoms with Crippen molar-refractivity contribution in [1.29, 1.82) is 0 Å². The molecule has 2 aromatic carbocycles. The number of rotatable bonds is 4. The highest BCUT2D eigenvalue weighted by Crippen LogP contribution is 2.31. The molecular weight excluding hydrogens is 435 g/mol. The first-order chi connectivity index (χ1) is 12.1. The van der Waals surface area contributed by atoms with E-state index in [0.29, 0.717) is 10.2 Å². The molecule has 0 atom stereocenters. The first kappa shape index (κ1) is 20.1. The van der Waals surface area contributed by atoms with E-state index < -0.39 is 23.7 Å². The highest BCUT2D eigenvalue weighted by molar-refractivity contribution is 9.10. The van der Waals surface area contributed by atoms with Gasteiger partial charge in [-0.1, -0.05) is 28.7 Å². The number of anilines is 1. The maximum absolute atomic E-state index is 12.8. The van der Waals surface area contributed by atoms with Crippen molar-refractivity contribution in [1.82, 2.24) is 5.32 Å². The Balaban J connectivity index is 2.07. The van der Waals surface area contributed by atoms with Crippen LogP contribution in [0.25, 0.3) is 0 Å². The van der Waals surface area contributed by atoms with Gasteiger partial charge in [0.1, 0.15) is 0 Å². The second-order valence-corrected chi connectivity index (χ2v) is 6.44. The summed E-state index contributed by atoms with van der Waals surface area (Å²) in [4.78, 5) is 23.2. The Kier molecular flexibility index (Phi) is 6.19. The normalized spacial score (nSPS) is 11.1. The van der Waals surface area contributed by atoms with Crippen LogP contribution in [0.15, 0.2) is 46.9 Å². The van der Waals surface area contributed by atoms with Crippen molar-refractivity contribution in [2.45, 2.75) is 12.7 Å². The van der Waals surface area contributed by atoms with Crippen molar-refractivity contribution in [2.75, 3.05) is 4.31 Å². The summed E-state index contributed by atoms with van der Waals surface area (Å²) in [6.07, 6.45) is -4.47. The summed E-state index contributed by atoms with van der Waals surface area (Å²) in [5.41, 5.74) is 5.21. The van der Waals surface area contributed by atoms with Crippen LogP contribution in [0, 0.1) is 0 Å². The molecule has 138 valence electrons. The average molecular weight is 448 g/mol. The monoisotopic (exact) mass is 447 g/mol. The molecule has 26 heavy (non-hydrogen) atoms. The Morgan fingerprint density at radius 1 is 1.15 bits per heavy atom. The Morgan fingerprint density at radius 2 is 1.77 bits per heavy atom. The molecule has 2 rings (SSSR count). The number of amides is 3. The predicted molar refractivity (Wildman–Crippen MR) is 97.8 cm³/mol. The number of carbonyl (C=O) groups excluding carboxylic acids is 2. The van der Waals surface area contributed by atoms with Crippen LogP contribution >= 0.6 is 28.7 Å². The molecule has 3 N–H and O–H groups in total. The summed E-state index contributed by atoms with van der Waals surface area (Å²) in [5.74, 6) is -0.610. The van der Waals surface area contributed by atoms with Gasteiger partial charge in [0.05, 0.1) is 11.3 Å². The smallest absolute Gasteiger partial charge is 0.366 e. The van der Waals surface area contributed by atoms with E-state index in [2.05, 4.69) is 34.1 Å². The van der Waals surface area contributed by atoms with Crippen LogP contribution in [-0.4, -0.2) is 11.9 Å². The first-order valence-corrected chi connectivity index (χ1v) is 8.31. The molecule has 0 aromatic heterocycles. The third kappa shape index (κ3) is 4.92. The molecule has 0 spiro atoms. The maximum atomic E-state index is 12.8. The zero-order chi connectivity index (χ0) is 19.5. The molecule has 0 saturated carbocycles. The largest absolute Gasteiger partial charge is 0.416 e. The van der Waals surface area contributed by atoms with E-state index in [9.17, 15) is 22.8 Å². The van der Waals surface area contributed by atoms with Gasteiger partial charge in [0.25, 0.3) is 0 Å². The molecule has 3 amide bonds. The summed E-state index contributed by atoms with van der Waals surface area (Å²) in [5, 5.41) is 2.48. The van der Waals surface area contributed by atoms with Gasteiger partial charge in [-0.15, -0.1) is 0 Å². The molecule has 0 aliphatic rings. The number of carbonyl (C=O) groups is 2. The van der Waals surface area contributed by atoms with Gasteiger partial charge in [0.15, 0.2) is 0 Å². The van der Waals surface area contributed by atoms with Gasteiger partial charge in [-0.3, -0.25) is 4.79 Å². The van der Waals surface area contributed by atoms with Crippen molar-refractivity contribution in [3.63, 3.8) is 0 Å². The van der Waals surface area contributed by atoms with E-state index in [1.54, 1.807) is 0 Å². The van der Waals surface area contributed by atoms with Crippen molar-refractivity contribution in [2.24, 2.45) is 5.73 Å². The quantitative estimate of drug-likeness (QED) is 0.616. The van der Waals surface area contributed by atoms with E-state index in [0.717, 1.165) is 16.4 Å². The Bertz CT molecular complexity index is 828. The van der Waals surface area contributed by atoms with E-state index in [1.165, 1.54) is 30.3 Å². The van der Waals surface area contributed by atoms with Gasteiger partial charge in [-0.25, -0.2) is 9.10 Å². The molecule has 2 aromatic rings. The summed E-state index contributed by atoms with van der Waals surface area (Å²) < 4.78 is 39.7. The van der Waals surface area contributed by atoms with Gasteiger partial charge in [0, 0.05) is 16.6 Å². The zero-order valence-corrected chi connectivity index (χ0v) is 15.5. The second-order valence-electron chi connectivity index (χ2n) is 5.19. The molecule has 0 fully saturated rings. The van der Waals surface area contributed by atoms with Gasteiger partial charge in [0.2, 0.25) is 5.91 Å². The molecule has 0 unspecified atom stereocenters. The minimum absolute atomic E-state index is 0.139. The number of thiol groups is 1. The lowest BCUT2D eigenvalue weighted by Crippen LogP contribution is -2.33. The number of hydrogen-bond donors (Lipinski definition) is 3. The van der Waals surface area contributed by atoms with Crippen molar-refractivity contribution < 1.29 is 22.8 Å². The van der Waals surface area contributed by atoms with E-state index >= 15 is 0 Å². The van der Waals surface area contributed by atoms with Crippen LogP contribution in [-0.2, 0) is 12.7 Å². The Hall–Kier alpha value is -2.20. The first-order valence-electron chi connectivity index (χ1n) is 7.12. The van der Waals surface area contributed by atoms with Gasteiger partial charge in [-0.05, 0) is 48.0 Å². The number of hydrogen-bond acceptors (Lipinski definition) is 3. The molecule has 0 heterocycles. The molecule has 0 aliphatic carbocycles. The van der Waals surface area contributed by atoms with Crippen LogP contribution in [0.2, 0.25) is 0 Å². The fourth-order valence-electron chi connectivity index (χ4n) is 2.02. The van der Waals surface area contributed by atoms with Crippen molar-refractivity contribution in [3.05, 3.63) is 63.6 Å². The number of benzene rings is 2. The third-order valence-electron chi connectivity index (χ3n) is 3.39. The van der Waals surface area contributed by atoms with Gasteiger partial charge >= 0.3 is 12.2 Å². The average Bonchev–Trinajstić information content (AvgIpc) is 2.59. The molecule has 0 saturated heterocycles. The van der Waals surface area contributed by atoms with Gasteiger partial charge in [-0.2, -0.15) is 13.2 Å². The number of nitrogens with zero attached hydrogens (tertiary/aromatic N) is 1. The van der Waals surface area contributed by atoms with Crippen LogP contribution < -0.4 is 15.4 Å². The summed E-state index contributed by atoms with van der Waals surface area (Å²) in [6, 6.07) is 8.31. The minimum Gasteiger partial charge on any atom is -0.366 e. The number of nitrogens with one attached hydrogen (secondary N) is 1. The Labute approximate surface area is 161 Å². The highest BCUT2D eigenvalue weighted by atomic mass is 79.9. The predicted octanol–water partition coefficient (Wildman–Crippen LogP) is 4.13. The van der Waals surface area contributed by atoms with Crippen LogP contribution in [0.1, 0.15) is 21.5 Å². The highest BCUT2D eigenvalue weighted by Gasteiger charge is 2.30. The van der Waals surface area contributed by atoms with Crippen LogP contribution in [0.3, 0.4) is 0 Å². The topological polar surface area (TPSA) is 75.4 Å². The SMILES string of the molecule is NC(=O)c1ccc(N(S)C(=O)NCc2cc(C(F)(F)F)ccc2Br)cc1. The van der Waals surface area contributed by atoms with E-state index in [1.807, 2.05) is 0 Å². The van der Waals surface area contributed by atoms with Crippen molar-refractivity contribution >= 4 is 46.4 Å². The number of nitrogens with two attached hydrogens (primary N) is 1. The summed E-state index contributed by atoms with van der Waals surface area (Å²) in [7, 11) is 0. The van der Waals surface area contributed by atoms with E-state index in [4.69, 9.17) is 5.73 Å². The fourth-order valence-corrected chi connectivity index (χ4v) is 2.61. The minimum atomic E-state index is -4.47. The third-order valence-corrected chi connectivity index (χ3v) is 4.58. The lowest BCUT2D eigenvalue weighted by molar-refractivity contribution is -0.137. The number of primary amides is 1. The molecule has 5 nitrogen and oxygen atoms in total. The second kappa shape index (κ2) is 8.00. The maximum Gasteiger partial charge on any atom is 0.416 e. The molecule has 0 bridgehead atoms. The van der Waals surface area contributed by atoms with Crippen LogP contribution in [0.5, 0.6) is 0 Å². The zero-order valence-electron chi connectivity index (χ0n) is 13.0. The molecule has 10 heteroatoms. The lowest BCUT2D eigenvalue weighted by Gasteiger charge is -2.17. The number of urea groups is 1.